The maximum Gasteiger partial charge on any atom is 0.300 e. The third-order valence-corrected chi connectivity index (χ3v) is 0.413. The minimum Gasteiger partial charge on any atom is -0.481 e. The molecule has 0 aliphatic carbocycles. The number of aliphatic carboxylic acids is 4. The summed E-state index contributed by atoms with van der Waals surface area (Å²) in [6.07, 6.45) is 0. The Labute approximate surface area is 128 Å². The van der Waals surface area contributed by atoms with Crippen LogP contribution < -0.4 is 11.5 Å². The SMILES string of the molecule is CC(=O)O.CC(=O)O.CC(=O)O.CC(=O)O.CC(N)(O)CN. The van der Waals surface area contributed by atoms with Gasteiger partial charge in [0.2, 0.25) is 0 Å². The number of carboxylic acid groups (broad SMARTS) is 4. The lowest BCUT2D eigenvalue weighted by atomic mass is 10.3. The summed E-state index contributed by atoms with van der Waals surface area (Å²) in [7, 11) is 0. The summed E-state index contributed by atoms with van der Waals surface area (Å²) >= 11 is 0. The molecule has 0 aromatic carbocycles. The lowest BCUT2D eigenvalue weighted by Gasteiger charge is -2.11. The standard InChI is InChI=1S/C3H10N2O.4C2H4O2/c1-3(5,6)2-4;4*1-2(3)4/h6H,2,4-5H2,1H3;4*1H3,(H,3,4). The predicted molar refractivity (Wildman–Crippen MR) is 77.1 cm³/mol. The first kappa shape index (κ1) is 31.9. The second-order valence-electron chi connectivity index (χ2n) is 3.64. The van der Waals surface area contributed by atoms with Crippen LogP contribution in [0.3, 0.4) is 0 Å². The van der Waals surface area contributed by atoms with Crippen molar-refractivity contribution in [2.24, 2.45) is 11.5 Å². The van der Waals surface area contributed by atoms with Crippen LogP contribution >= 0.6 is 0 Å². The molecule has 134 valence electrons. The molecule has 0 amide bonds. The molecule has 1 atom stereocenters. The van der Waals surface area contributed by atoms with Gasteiger partial charge < -0.3 is 37.0 Å². The van der Waals surface area contributed by atoms with E-state index in [2.05, 4.69) is 0 Å². The van der Waals surface area contributed by atoms with Crippen LogP contribution in [0, 0.1) is 0 Å². The van der Waals surface area contributed by atoms with Gasteiger partial charge in [0.15, 0.2) is 0 Å². The Balaban J connectivity index is -0.0000000555. The Kier molecular flexibility index (Phi) is 30.6. The number of rotatable bonds is 1. The van der Waals surface area contributed by atoms with Gasteiger partial charge in [-0.25, -0.2) is 0 Å². The van der Waals surface area contributed by atoms with Crippen LogP contribution in [0.25, 0.3) is 0 Å². The van der Waals surface area contributed by atoms with E-state index in [1.165, 1.54) is 6.92 Å². The molecule has 0 saturated carbocycles. The van der Waals surface area contributed by atoms with Gasteiger partial charge in [-0.3, -0.25) is 19.2 Å². The van der Waals surface area contributed by atoms with Crippen LogP contribution in [0.15, 0.2) is 0 Å². The molecule has 11 heteroatoms. The summed E-state index contributed by atoms with van der Waals surface area (Å²) in [5, 5.41) is 38.1. The molecular formula is C11H26N2O9. The molecule has 1 unspecified atom stereocenters. The summed E-state index contributed by atoms with van der Waals surface area (Å²) in [6.45, 7) is 5.89. The molecule has 0 heterocycles. The quantitative estimate of drug-likeness (QED) is 0.288. The molecule has 0 aliphatic heterocycles. The minimum absolute atomic E-state index is 0.104. The normalized spacial score (nSPS) is 10.0. The van der Waals surface area contributed by atoms with Crippen LogP contribution in [0.1, 0.15) is 34.6 Å². The minimum atomic E-state index is -1.18. The average molecular weight is 330 g/mol. The highest BCUT2D eigenvalue weighted by Gasteiger charge is 2.06. The first-order valence-electron chi connectivity index (χ1n) is 5.49. The van der Waals surface area contributed by atoms with E-state index >= 15 is 0 Å². The molecule has 0 radical (unpaired) electrons. The zero-order valence-electron chi connectivity index (χ0n) is 13.2. The molecule has 0 spiro atoms. The number of aliphatic hydroxyl groups is 1. The molecule has 22 heavy (non-hydrogen) atoms. The molecule has 9 N–H and O–H groups in total. The molecule has 0 fully saturated rings. The van der Waals surface area contributed by atoms with Gasteiger partial charge in [0.1, 0.15) is 5.72 Å². The van der Waals surface area contributed by atoms with Crippen LogP contribution in [0.2, 0.25) is 0 Å². The van der Waals surface area contributed by atoms with Crippen molar-refractivity contribution in [1.82, 2.24) is 0 Å². The van der Waals surface area contributed by atoms with Gasteiger partial charge in [-0.1, -0.05) is 0 Å². The van der Waals surface area contributed by atoms with Gasteiger partial charge in [0.25, 0.3) is 23.9 Å². The molecule has 0 bridgehead atoms. The molecule has 0 saturated heterocycles. The van der Waals surface area contributed by atoms with Crippen molar-refractivity contribution in [2.45, 2.75) is 40.3 Å². The topological polar surface area (TPSA) is 221 Å². The maximum atomic E-state index is 9.00. The molecule has 0 aromatic heterocycles. The summed E-state index contributed by atoms with van der Waals surface area (Å²) in [6, 6.07) is 0. The van der Waals surface area contributed by atoms with Crippen molar-refractivity contribution < 1.29 is 44.7 Å². The van der Waals surface area contributed by atoms with Crippen LogP contribution in [-0.2, 0) is 19.2 Å². The smallest absolute Gasteiger partial charge is 0.300 e. The Bertz CT molecular complexity index is 247. The summed E-state index contributed by atoms with van der Waals surface area (Å²) in [4.78, 5) is 36.0. The van der Waals surface area contributed by atoms with Gasteiger partial charge in [0, 0.05) is 34.2 Å². The summed E-state index contributed by atoms with van der Waals surface area (Å²) in [5.74, 6) is -3.33. The van der Waals surface area contributed by atoms with Crippen molar-refractivity contribution in [3.05, 3.63) is 0 Å². The van der Waals surface area contributed by atoms with Crippen LogP contribution in [0.5, 0.6) is 0 Å². The van der Waals surface area contributed by atoms with E-state index in [0.29, 0.717) is 0 Å². The van der Waals surface area contributed by atoms with E-state index in [1.54, 1.807) is 0 Å². The first-order chi connectivity index (χ1) is 9.49. The molecular weight excluding hydrogens is 304 g/mol. The van der Waals surface area contributed by atoms with Gasteiger partial charge >= 0.3 is 0 Å². The van der Waals surface area contributed by atoms with E-state index in [4.69, 9.17) is 56.2 Å². The fraction of sp³-hybridized carbons (Fsp3) is 0.636. The zero-order chi connectivity index (χ0) is 19.5. The summed E-state index contributed by atoms with van der Waals surface area (Å²) < 4.78 is 0. The third-order valence-electron chi connectivity index (χ3n) is 0.413. The molecule has 11 nitrogen and oxygen atoms in total. The Hall–Kier alpha value is -2.24. The highest BCUT2D eigenvalue weighted by Crippen LogP contribution is 1.82. The van der Waals surface area contributed by atoms with Crippen molar-refractivity contribution >= 4 is 23.9 Å². The van der Waals surface area contributed by atoms with E-state index in [0.717, 1.165) is 27.7 Å². The monoisotopic (exact) mass is 330 g/mol. The highest BCUT2D eigenvalue weighted by atomic mass is 16.4. The number of nitrogens with two attached hydrogens (primary N) is 2. The van der Waals surface area contributed by atoms with Gasteiger partial charge in [-0.15, -0.1) is 0 Å². The van der Waals surface area contributed by atoms with E-state index in [-0.39, 0.29) is 6.54 Å². The lowest BCUT2D eigenvalue weighted by molar-refractivity contribution is -0.135. The molecule has 0 aliphatic rings. The number of carboxylic acids is 4. The van der Waals surface area contributed by atoms with Gasteiger partial charge in [-0.05, 0) is 6.92 Å². The van der Waals surface area contributed by atoms with Crippen molar-refractivity contribution in [3.63, 3.8) is 0 Å². The largest absolute Gasteiger partial charge is 0.481 e. The van der Waals surface area contributed by atoms with E-state index in [9.17, 15) is 0 Å². The van der Waals surface area contributed by atoms with E-state index < -0.39 is 29.6 Å². The zero-order valence-corrected chi connectivity index (χ0v) is 13.2. The van der Waals surface area contributed by atoms with Crippen molar-refractivity contribution in [3.8, 4) is 0 Å². The summed E-state index contributed by atoms with van der Waals surface area (Å²) in [5.41, 5.74) is 8.72. The predicted octanol–water partition coefficient (Wildman–Crippen LogP) is -1.02. The maximum absolute atomic E-state index is 9.00. The Morgan fingerprint density at radius 2 is 0.818 bits per heavy atom. The highest BCUT2D eigenvalue weighted by molar-refractivity contribution is 5.63. The number of hydrogen-bond acceptors (Lipinski definition) is 7. The molecule has 0 aromatic rings. The van der Waals surface area contributed by atoms with Gasteiger partial charge in [0.05, 0.1) is 0 Å². The number of hydrogen-bond donors (Lipinski definition) is 7. The fourth-order valence-electron chi connectivity index (χ4n) is 0. The lowest BCUT2D eigenvalue weighted by Crippen LogP contribution is -2.43. The Morgan fingerprint density at radius 3 is 0.818 bits per heavy atom. The number of carbonyl (C=O) groups is 4. The second kappa shape index (κ2) is 21.1. The van der Waals surface area contributed by atoms with Gasteiger partial charge in [-0.2, -0.15) is 0 Å². The third kappa shape index (κ3) is 8640. The fourth-order valence-corrected chi connectivity index (χ4v) is 0. The Morgan fingerprint density at radius 1 is 0.773 bits per heavy atom. The average Bonchev–Trinajstić information content (AvgIpc) is 2.12. The van der Waals surface area contributed by atoms with Crippen molar-refractivity contribution in [2.75, 3.05) is 6.54 Å². The van der Waals surface area contributed by atoms with Crippen LogP contribution in [0.4, 0.5) is 0 Å². The first-order valence-corrected chi connectivity index (χ1v) is 5.49. The molecule has 0 rings (SSSR count). The van der Waals surface area contributed by atoms with Crippen LogP contribution in [-0.4, -0.2) is 61.7 Å². The second-order valence-corrected chi connectivity index (χ2v) is 3.64. The van der Waals surface area contributed by atoms with E-state index in [1.807, 2.05) is 0 Å². The van der Waals surface area contributed by atoms with Crippen molar-refractivity contribution in [1.29, 1.82) is 0 Å².